The zero-order chi connectivity index (χ0) is 14.7. The Kier molecular flexibility index (Phi) is 3.82. The highest BCUT2D eigenvalue weighted by Gasteiger charge is 2.13. The molecule has 0 radical (unpaired) electrons. The first kappa shape index (κ1) is 13.6. The molecular formula is C17H14N2OS. The van der Waals surface area contributed by atoms with Gasteiger partial charge < -0.3 is 10.3 Å². The van der Waals surface area contributed by atoms with Crippen molar-refractivity contribution in [2.24, 2.45) is 0 Å². The molecule has 0 bridgehead atoms. The molecule has 3 nitrogen and oxygen atoms in total. The fraction of sp³-hybridized carbons (Fsp3) is 0.0588. The largest absolute Gasteiger partial charge is 0.497 e. The molecule has 4 heteroatoms. The molecule has 3 rings (SSSR count). The Labute approximate surface area is 125 Å². The molecule has 0 heterocycles. The highest BCUT2D eigenvalue weighted by Crippen LogP contribution is 2.23. The van der Waals surface area contributed by atoms with Gasteiger partial charge in [0.25, 0.3) is 0 Å². The smallest absolute Gasteiger partial charge is 0.223 e. The van der Waals surface area contributed by atoms with E-state index in [9.17, 15) is 5.53 Å². The molecule has 0 N–H and O–H groups in total. The number of ether oxygens (including phenoxy) is 1. The second kappa shape index (κ2) is 5.92. The maximum Gasteiger partial charge on any atom is 0.223 e. The minimum Gasteiger partial charge on any atom is -0.497 e. The molecule has 0 amide bonds. The van der Waals surface area contributed by atoms with Crippen LogP contribution in [0.3, 0.4) is 0 Å². The summed E-state index contributed by atoms with van der Waals surface area (Å²) in [5.41, 5.74) is 9.44. The van der Waals surface area contributed by atoms with E-state index in [2.05, 4.69) is 28.4 Å². The van der Waals surface area contributed by atoms with Gasteiger partial charge in [0.05, 0.1) is 16.9 Å². The molecule has 0 aliphatic rings. The molecule has 1 atom stereocenters. The number of nitrogens with zero attached hydrogens (tertiary/aromatic N) is 2. The minimum atomic E-state index is -0.699. The predicted molar refractivity (Wildman–Crippen MR) is 86.3 cm³/mol. The lowest BCUT2D eigenvalue weighted by molar-refractivity contribution is 0.414. The van der Waals surface area contributed by atoms with Gasteiger partial charge in [0.1, 0.15) is 5.75 Å². The monoisotopic (exact) mass is 294 g/mol. The molecule has 0 saturated carbocycles. The van der Waals surface area contributed by atoms with E-state index in [4.69, 9.17) is 4.74 Å². The second-order valence-electron chi connectivity index (χ2n) is 4.55. The Morgan fingerprint density at radius 1 is 0.857 bits per heavy atom. The lowest BCUT2D eigenvalue weighted by Crippen LogP contribution is -1.95. The van der Waals surface area contributed by atoms with E-state index in [1.165, 1.54) is 5.39 Å². The molecule has 1 unspecified atom stereocenters. The average molecular weight is 294 g/mol. The molecule has 3 aromatic rings. The SMILES string of the molecule is COc1ccc(S(=[N+]=[N-])c2ccc3ccccc3c2)cc1. The Bertz CT molecular complexity index is 837. The Hall–Kier alpha value is -2.42. The molecule has 104 valence electrons. The van der Waals surface area contributed by atoms with Crippen LogP contribution in [0, 0.1) is 0 Å². The summed E-state index contributed by atoms with van der Waals surface area (Å²) in [6, 6.07) is 21.9. The van der Waals surface area contributed by atoms with Crippen LogP contribution in [0.2, 0.25) is 0 Å². The number of hydrogen-bond acceptors (Lipinski definition) is 1. The Morgan fingerprint density at radius 2 is 1.52 bits per heavy atom. The van der Waals surface area contributed by atoms with Crippen LogP contribution in [0.15, 0.2) is 76.5 Å². The van der Waals surface area contributed by atoms with Gasteiger partial charge in [-0.15, -0.1) is 4.16 Å². The fourth-order valence-electron chi connectivity index (χ4n) is 2.22. The van der Waals surface area contributed by atoms with Crippen molar-refractivity contribution in [3.63, 3.8) is 0 Å². The molecule has 0 saturated heterocycles. The number of hydrogen-bond donors (Lipinski definition) is 0. The summed E-state index contributed by atoms with van der Waals surface area (Å²) in [5.74, 6) is 0.791. The first-order valence-electron chi connectivity index (χ1n) is 6.54. The topological polar surface area (TPSA) is 45.6 Å². The van der Waals surface area contributed by atoms with Crippen LogP contribution < -0.4 is 8.90 Å². The predicted octanol–water partition coefficient (Wildman–Crippen LogP) is 4.16. The number of methoxy groups -OCH3 is 1. The van der Waals surface area contributed by atoms with Crippen LogP contribution in [0.1, 0.15) is 0 Å². The van der Waals surface area contributed by atoms with Crippen LogP contribution in [0.25, 0.3) is 16.3 Å². The summed E-state index contributed by atoms with van der Waals surface area (Å²) in [6.07, 6.45) is 0. The van der Waals surface area contributed by atoms with Crippen LogP contribution in [-0.2, 0) is 10.7 Å². The summed E-state index contributed by atoms with van der Waals surface area (Å²) in [4.78, 5) is 1.94. The van der Waals surface area contributed by atoms with E-state index in [0.717, 1.165) is 20.9 Å². The molecular weight excluding hydrogens is 280 g/mol. The third-order valence-electron chi connectivity index (χ3n) is 3.31. The van der Waals surface area contributed by atoms with Gasteiger partial charge >= 0.3 is 0 Å². The van der Waals surface area contributed by atoms with Gasteiger partial charge in [-0.1, -0.05) is 30.3 Å². The molecule has 0 aliphatic heterocycles. The third-order valence-corrected chi connectivity index (χ3v) is 4.89. The normalized spacial score (nSPS) is 11.9. The second-order valence-corrected chi connectivity index (χ2v) is 6.23. The maximum absolute atomic E-state index is 9.44. The maximum atomic E-state index is 9.44. The van der Waals surface area contributed by atoms with Crippen LogP contribution in [0.5, 0.6) is 5.75 Å². The van der Waals surface area contributed by atoms with Crippen molar-refractivity contribution in [3.8, 4) is 5.75 Å². The summed E-state index contributed by atoms with van der Waals surface area (Å²) in [5, 5.41) is 2.32. The standard InChI is InChI=1S/C17H14N2OS/c1-20-15-7-10-16(11-8-15)21(19-18)17-9-6-13-4-2-3-5-14(13)12-17/h2-12H,1H3. The molecule has 0 aromatic heterocycles. The Morgan fingerprint density at radius 3 is 2.19 bits per heavy atom. The van der Waals surface area contributed by atoms with Gasteiger partial charge in [-0.3, -0.25) is 0 Å². The highest BCUT2D eigenvalue weighted by molar-refractivity contribution is 7.86. The minimum absolute atomic E-state index is 0.699. The first-order chi connectivity index (χ1) is 10.3. The van der Waals surface area contributed by atoms with Gasteiger partial charge in [-0.25, -0.2) is 0 Å². The van der Waals surface area contributed by atoms with Gasteiger partial charge in [0, 0.05) is 0 Å². The van der Waals surface area contributed by atoms with Crippen LogP contribution in [-0.4, -0.2) is 7.11 Å². The molecule has 0 fully saturated rings. The van der Waals surface area contributed by atoms with E-state index >= 15 is 0 Å². The van der Waals surface area contributed by atoms with E-state index in [1.807, 2.05) is 42.5 Å². The molecule has 0 spiro atoms. The number of fused-ring (bicyclic) bond motifs is 1. The number of benzene rings is 3. The summed E-state index contributed by atoms with van der Waals surface area (Å²) < 4.78 is 8.73. The van der Waals surface area contributed by atoms with Crippen molar-refractivity contribution in [2.75, 3.05) is 7.11 Å². The highest BCUT2D eigenvalue weighted by atomic mass is 32.2. The lowest BCUT2D eigenvalue weighted by atomic mass is 10.1. The molecule has 0 aliphatic carbocycles. The Balaban J connectivity index is 2.07. The van der Waals surface area contributed by atoms with Gasteiger partial charge in [-0.2, -0.15) is 0 Å². The van der Waals surface area contributed by atoms with Crippen LogP contribution in [0.4, 0.5) is 0 Å². The van der Waals surface area contributed by atoms with Gasteiger partial charge in [0.15, 0.2) is 0 Å². The van der Waals surface area contributed by atoms with E-state index < -0.39 is 10.7 Å². The first-order valence-corrected chi connectivity index (χ1v) is 7.72. The molecule has 21 heavy (non-hydrogen) atoms. The zero-order valence-electron chi connectivity index (χ0n) is 11.6. The van der Waals surface area contributed by atoms with E-state index in [-0.39, 0.29) is 0 Å². The van der Waals surface area contributed by atoms with Gasteiger partial charge in [-0.05, 0) is 47.2 Å². The summed E-state index contributed by atoms with van der Waals surface area (Å²) in [6.45, 7) is 0. The fourth-order valence-corrected chi connectivity index (χ4v) is 3.51. The molecule has 3 aromatic carbocycles. The van der Waals surface area contributed by atoms with Crippen molar-refractivity contribution < 1.29 is 4.74 Å². The van der Waals surface area contributed by atoms with E-state index in [1.54, 1.807) is 7.11 Å². The summed E-state index contributed by atoms with van der Waals surface area (Å²) >= 11 is 0. The number of rotatable bonds is 3. The van der Waals surface area contributed by atoms with Crippen LogP contribution >= 0.6 is 0 Å². The van der Waals surface area contributed by atoms with Crippen molar-refractivity contribution >= 4 is 21.5 Å². The zero-order valence-corrected chi connectivity index (χ0v) is 12.4. The van der Waals surface area contributed by atoms with Crippen molar-refractivity contribution in [2.45, 2.75) is 9.79 Å². The third kappa shape index (κ3) is 2.72. The summed E-state index contributed by atoms with van der Waals surface area (Å²) in [7, 11) is 0.934. The lowest BCUT2D eigenvalue weighted by Gasteiger charge is -2.03. The van der Waals surface area contributed by atoms with Gasteiger partial charge in [0.2, 0.25) is 10.7 Å². The van der Waals surface area contributed by atoms with E-state index in [0.29, 0.717) is 0 Å². The van der Waals surface area contributed by atoms with Crippen molar-refractivity contribution in [3.05, 3.63) is 72.3 Å². The van der Waals surface area contributed by atoms with Crippen molar-refractivity contribution in [1.82, 2.24) is 4.16 Å². The average Bonchev–Trinajstić information content (AvgIpc) is 2.56. The van der Waals surface area contributed by atoms with Crippen molar-refractivity contribution in [1.29, 1.82) is 0 Å². The quantitative estimate of drug-likeness (QED) is 0.528.